The summed E-state index contributed by atoms with van der Waals surface area (Å²) in [7, 11) is 0. The first-order valence-electron chi connectivity index (χ1n) is 7.15. The first-order chi connectivity index (χ1) is 9.42. The van der Waals surface area contributed by atoms with Gasteiger partial charge in [-0.25, -0.2) is 4.98 Å². The first-order valence-corrected chi connectivity index (χ1v) is 8.03. The number of nitrogens with zero attached hydrogens (tertiary/aromatic N) is 2. The van der Waals surface area contributed by atoms with Gasteiger partial charge in [0.2, 0.25) is 0 Å². The van der Waals surface area contributed by atoms with E-state index < -0.39 is 0 Å². The molecule has 0 spiro atoms. The zero-order valence-corrected chi connectivity index (χ0v) is 12.0. The lowest BCUT2D eigenvalue weighted by Gasteiger charge is -2.21. The quantitative estimate of drug-likeness (QED) is 0.826. The number of thiazole rings is 1. The lowest BCUT2D eigenvalue weighted by atomic mass is 9.98. The number of aromatic nitrogens is 2. The van der Waals surface area contributed by atoms with Gasteiger partial charge in [0.05, 0.1) is 18.4 Å². The zero-order chi connectivity index (χ0) is 12.9. The molecule has 1 N–H and O–H groups in total. The Balaban J connectivity index is 1.33. The second-order valence-electron chi connectivity index (χ2n) is 5.13. The third kappa shape index (κ3) is 3.55. The normalized spacial score (nSPS) is 17.3. The Labute approximate surface area is 117 Å². The van der Waals surface area contributed by atoms with E-state index in [1.165, 1.54) is 32.1 Å². The van der Waals surface area contributed by atoms with Crippen molar-refractivity contribution in [2.75, 3.05) is 13.2 Å². The average molecular weight is 279 g/mol. The summed E-state index contributed by atoms with van der Waals surface area (Å²) in [6.07, 6.45) is 11.2. The van der Waals surface area contributed by atoms with Gasteiger partial charge < -0.3 is 10.1 Å². The molecule has 5 heteroatoms. The van der Waals surface area contributed by atoms with Crippen molar-refractivity contribution in [3.8, 4) is 0 Å². The molecule has 0 aliphatic heterocycles. The molecule has 0 atom stereocenters. The molecule has 0 unspecified atom stereocenters. The fourth-order valence-corrected chi connectivity index (χ4v) is 3.33. The molecule has 0 saturated heterocycles. The average Bonchev–Trinajstić information content (AvgIpc) is 3.00. The molecule has 1 saturated carbocycles. The van der Waals surface area contributed by atoms with Crippen molar-refractivity contribution in [2.45, 2.75) is 44.8 Å². The molecule has 19 heavy (non-hydrogen) atoms. The third-order valence-electron chi connectivity index (χ3n) is 3.63. The lowest BCUT2D eigenvalue weighted by molar-refractivity contribution is 0.0302. The van der Waals surface area contributed by atoms with Crippen molar-refractivity contribution < 1.29 is 4.74 Å². The van der Waals surface area contributed by atoms with Crippen LogP contribution in [0, 0.1) is 0 Å². The fourth-order valence-electron chi connectivity index (χ4n) is 2.61. The van der Waals surface area contributed by atoms with Crippen LogP contribution in [0.25, 0.3) is 4.96 Å². The Bertz CT molecular complexity index is 473. The van der Waals surface area contributed by atoms with E-state index in [4.69, 9.17) is 4.74 Å². The Kier molecular flexibility index (Phi) is 4.48. The predicted octanol–water partition coefficient (Wildman–Crippen LogP) is 2.83. The monoisotopic (exact) mass is 279 g/mol. The molecule has 0 radical (unpaired) electrons. The highest BCUT2D eigenvalue weighted by molar-refractivity contribution is 7.15. The van der Waals surface area contributed by atoms with Crippen LogP contribution in [0.3, 0.4) is 0 Å². The minimum Gasteiger partial charge on any atom is -0.377 e. The van der Waals surface area contributed by atoms with Crippen molar-refractivity contribution >= 4 is 16.3 Å². The molecule has 1 aliphatic rings. The van der Waals surface area contributed by atoms with Gasteiger partial charge >= 0.3 is 0 Å². The summed E-state index contributed by atoms with van der Waals surface area (Å²) in [6, 6.07) is 0. The number of nitrogens with one attached hydrogen (secondary N) is 1. The molecule has 4 nitrogen and oxygen atoms in total. The number of hydrogen-bond acceptors (Lipinski definition) is 4. The summed E-state index contributed by atoms with van der Waals surface area (Å²) in [5, 5.41) is 5.45. The minimum absolute atomic E-state index is 0.508. The van der Waals surface area contributed by atoms with Gasteiger partial charge in [-0.2, -0.15) is 0 Å². The van der Waals surface area contributed by atoms with Crippen molar-refractivity contribution in [2.24, 2.45) is 0 Å². The lowest BCUT2D eigenvalue weighted by Crippen LogP contribution is -2.24. The highest BCUT2D eigenvalue weighted by Crippen LogP contribution is 2.19. The SMILES string of the molecule is c1cn2cc(CNCCOC3CCCCC3)nc2s1. The van der Waals surface area contributed by atoms with Gasteiger partial charge in [-0.3, -0.25) is 4.40 Å². The van der Waals surface area contributed by atoms with Crippen LogP contribution >= 0.6 is 11.3 Å². The van der Waals surface area contributed by atoms with E-state index in [2.05, 4.69) is 26.3 Å². The van der Waals surface area contributed by atoms with E-state index in [9.17, 15) is 0 Å². The molecular formula is C14H21N3OS. The van der Waals surface area contributed by atoms with Gasteiger partial charge in [0.1, 0.15) is 0 Å². The highest BCUT2D eigenvalue weighted by Gasteiger charge is 2.12. The second kappa shape index (κ2) is 6.50. The van der Waals surface area contributed by atoms with Crippen molar-refractivity contribution in [3.63, 3.8) is 0 Å². The number of fused-ring (bicyclic) bond motifs is 1. The Hall–Kier alpha value is -0.910. The van der Waals surface area contributed by atoms with E-state index in [1.807, 2.05) is 6.20 Å². The molecule has 0 bridgehead atoms. The molecule has 2 aromatic rings. The summed E-state index contributed by atoms with van der Waals surface area (Å²) < 4.78 is 7.95. The molecule has 0 aromatic carbocycles. The van der Waals surface area contributed by atoms with Crippen LogP contribution in [-0.2, 0) is 11.3 Å². The third-order valence-corrected chi connectivity index (χ3v) is 4.40. The van der Waals surface area contributed by atoms with E-state index in [-0.39, 0.29) is 0 Å². The Morgan fingerprint density at radius 1 is 1.37 bits per heavy atom. The van der Waals surface area contributed by atoms with Gasteiger partial charge in [0.15, 0.2) is 4.96 Å². The second-order valence-corrected chi connectivity index (χ2v) is 6.01. The molecule has 3 rings (SSSR count). The fraction of sp³-hybridized carbons (Fsp3) is 0.643. The molecule has 2 heterocycles. The number of imidazole rings is 1. The van der Waals surface area contributed by atoms with Crippen LogP contribution in [0.2, 0.25) is 0 Å². The van der Waals surface area contributed by atoms with Gasteiger partial charge in [0.25, 0.3) is 0 Å². The van der Waals surface area contributed by atoms with E-state index >= 15 is 0 Å². The summed E-state index contributed by atoms with van der Waals surface area (Å²) in [5.74, 6) is 0. The summed E-state index contributed by atoms with van der Waals surface area (Å²) in [4.78, 5) is 5.60. The molecule has 1 fully saturated rings. The number of hydrogen-bond donors (Lipinski definition) is 1. The summed E-state index contributed by atoms with van der Waals surface area (Å²) >= 11 is 1.67. The topological polar surface area (TPSA) is 38.6 Å². The predicted molar refractivity (Wildman–Crippen MR) is 77.6 cm³/mol. The van der Waals surface area contributed by atoms with Crippen LogP contribution in [0.4, 0.5) is 0 Å². The standard InChI is InChI=1S/C14H21N3OS/c1-2-4-13(5-3-1)18-8-6-15-10-12-11-17-7-9-19-14(17)16-12/h7,9,11,13,15H,1-6,8,10H2. The van der Waals surface area contributed by atoms with Crippen LogP contribution in [-0.4, -0.2) is 28.6 Å². The van der Waals surface area contributed by atoms with Gasteiger partial charge in [-0.05, 0) is 12.8 Å². The summed E-state index contributed by atoms with van der Waals surface area (Å²) in [6.45, 7) is 2.54. The van der Waals surface area contributed by atoms with Gasteiger partial charge in [-0.1, -0.05) is 19.3 Å². The van der Waals surface area contributed by atoms with Crippen molar-refractivity contribution in [1.29, 1.82) is 0 Å². The molecule has 0 amide bonds. The largest absolute Gasteiger partial charge is 0.377 e. The Morgan fingerprint density at radius 2 is 2.26 bits per heavy atom. The van der Waals surface area contributed by atoms with Crippen LogP contribution in [0.1, 0.15) is 37.8 Å². The first kappa shape index (κ1) is 13.1. The maximum Gasteiger partial charge on any atom is 0.193 e. The maximum atomic E-state index is 5.88. The van der Waals surface area contributed by atoms with Crippen LogP contribution < -0.4 is 5.32 Å². The number of ether oxygens (including phenoxy) is 1. The van der Waals surface area contributed by atoms with E-state index in [0.29, 0.717) is 6.10 Å². The van der Waals surface area contributed by atoms with Gasteiger partial charge in [-0.15, -0.1) is 11.3 Å². The van der Waals surface area contributed by atoms with Crippen LogP contribution in [0.15, 0.2) is 17.8 Å². The summed E-state index contributed by atoms with van der Waals surface area (Å²) in [5.41, 5.74) is 1.10. The van der Waals surface area contributed by atoms with E-state index in [1.54, 1.807) is 11.3 Å². The minimum atomic E-state index is 0.508. The number of rotatable bonds is 6. The Morgan fingerprint density at radius 3 is 3.11 bits per heavy atom. The van der Waals surface area contributed by atoms with Crippen molar-refractivity contribution in [3.05, 3.63) is 23.5 Å². The highest BCUT2D eigenvalue weighted by atomic mass is 32.1. The smallest absolute Gasteiger partial charge is 0.193 e. The van der Waals surface area contributed by atoms with E-state index in [0.717, 1.165) is 30.4 Å². The molecule has 1 aliphatic carbocycles. The van der Waals surface area contributed by atoms with Crippen LogP contribution in [0.5, 0.6) is 0 Å². The van der Waals surface area contributed by atoms with Crippen molar-refractivity contribution in [1.82, 2.24) is 14.7 Å². The molecular weight excluding hydrogens is 258 g/mol. The molecule has 2 aromatic heterocycles. The van der Waals surface area contributed by atoms with Gasteiger partial charge in [0, 0.05) is 30.9 Å². The molecule has 104 valence electrons. The zero-order valence-electron chi connectivity index (χ0n) is 11.2. The maximum absolute atomic E-state index is 5.88.